The number of amides is 1. The fourth-order valence-electron chi connectivity index (χ4n) is 3.06. The lowest BCUT2D eigenvalue weighted by molar-refractivity contribution is -0.120. The molecule has 0 saturated heterocycles. The monoisotopic (exact) mass is 424 g/mol. The van der Waals surface area contributed by atoms with Crippen molar-refractivity contribution in [2.75, 3.05) is 13.7 Å². The third kappa shape index (κ3) is 5.24. The Kier molecular flexibility index (Phi) is 6.84. The molecule has 0 saturated carbocycles. The molecule has 0 aliphatic rings. The van der Waals surface area contributed by atoms with E-state index < -0.39 is 15.1 Å². The van der Waals surface area contributed by atoms with Crippen molar-refractivity contribution in [3.8, 4) is 5.75 Å². The summed E-state index contributed by atoms with van der Waals surface area (Å²) in [6.07, 6.45) is 3.25. The first-order valence-electron chi connectivity index (χ1n) is 9.50. The molecule has 0 radical (unpaired) electrons. The molecule has 0 aliphatic carbocycles. The lowest BCUT2D eigenvalue weighted by Gasteiger charge is -2.19. The average molecular weight is 425 g/mol. The number of sulfone groups is 1. The zero-order valence-electron chi connectivity index (χ0n) is 16.9. The number of nitrogens with zero attached hydrogens (tertiary/aromatic N) is 1. The summed E-state index contributed by atoms with van der Waals surface area (Å²) in [7, 11) is -2.14. The maximum Gasteiger partial charge on any atom is 0.224 e. The number of aryl methyl sites for hydroxylation is 1. The van der Waals surface area contributed by atoms with E-state index in [2.05, 4.69) is 10.3 Å². The van der Waals surface area contributed by atoms with Crippen LogP contribution < -0.4 is 10.1 Å². The predicted octanol–water partition coefficient (Wildman–Crippen LogP) is 3.27. The maximum atomic E-state index is 13.3. The molecule has 0 bridgehead atoms. The highest BCUT2D eigenvalue weighted by molar-refractivity contribution is 7.91. The molecule has 1 aromatic heterocycles. The van der Waals surface area contributed by atoms with Crippen LogP contribution in [0.3, 0.4) is 0 Å². The van der Waals surface area contributed by atoms with Crippen LogP contribution in [0.25, 0.3) is 0 Å². The predicted molar refractivity (Wildman–Crippen MR) is 115 cm³/mol. The molecule has 1 heterocycles. The maximum absolute atomic E-state index is 13.3. The normalized spacial score (nSPS) is 12.2. The number of pyridine rings is 1. The van der Waals surface area contributed by atoms with Gasteiger partial charge in [-0.15, -0.1) is 0 Å². The topological polar surface area (TPSA) is 85.4 Å². The largest absolute Gasteiger partial charge is 0.497 e. The zero-order valence-corrected chi connectivity index (χ0v) is 17.7. The summed E-state index contributed by atoms with van der Waals surface area (Å²) in [4.78, 5) is 16.7. The molecule has 0 fully saturated rings. The van der Waals surface area contributed by atoms with E-state index >= 15 is 0 Å². The number of rotatable bonds is 8. The van der Waals surface area contributed by atoms with Crippen molar-refractivity contribution in [1.29, 1.82) is 0 Å². The van der Waals surface area contributed by atoms with Crippen LogP contribution in [-0.4, -0.2) is 33.0 Å². The third-order valence-corrected chi connectivity index (χ3v) is 6.91. The van der Waals surface area contributed by atoms with Crippen LogP contribution in [0.2, 0.25) is 0 Å². The van der Waals surface area contributed by atoms with Crippen LogP contribution in [0.1, 0.15) is 21.9 Å². The third-order valence-electron chi connectivity index (χ3n) is 4.79. The summed E-state index contributed by atoms with van der Waals surface area (Å²) in [5.41, 5.74) is 2.31. The van der Waals surface area contributed by atoms with E-state index in [0.29, 0.717) is 11.3 Å². The molecule has 7 heteroatoms. The first-order chi connectivity index (χ1) is 14.4. The average Bonchev–Trinajstić information content (AvgIpc) is 2.75. The highest BCUT2D eigenvalue weighted by atomic mass is 32.2. The van der Waals surface area contributed by atoms with Crippen molar-refractivity contribution in [2.45, 2.75) is 23.5 Å². The molecule has 1 N–H and O–H groups in total. The zero-order chi connectivity index (χ0) is 21.6. The molecule has 0 unspecified atom stereocenters. The van der Waals surface area contributed by atoms with Gasteiger partial charge in [0.2, 0.25) is 5.91 Å². The van der Waals surface area contributed by atoms with Gasteiger partial charge >= 0.3 is 0 Å². The van der Waals surface area contributed by atoms with Crippen LogP contribution in [0.15, 0.2) is 78.0 Å². The van der Waals surface area contributed by atoms with Crippen LogP contribution in [0.4, 0.5) is 0 Å². The van der Waals surface area contributed by atoms with Crippen molar-refractivity contribution in [3.05, 3.63) is 89.7 Å². The number of hydrogen-bond donors (Lipinski definition) is 1. The van der Waals surface area contributed by atoms with Gasteiger partial charge in [0.15, 0.2) is 9.84 Å². The molecule has 3 aromatic rings. The molecule has 156 valence electrons. The Labute approximate surface area is 176 Å². The lowest BCUT2D eigenvalue weighted by Crippen LogP contribution is -2.33. The van der Waals surface area contributed by atoms with Crippen molar-refractivity contribution < 1.29 is 17.9 Å². The number of ether oxygens (including phenoxy) is 1. The van der Waals surface area contributed by atoms with Crippen LogP contribution >= 0.6 is 0 Å². The van der Waals surface area contributed by atoms with Crippen LogP contribution in [-0.2, 0) is 21.1 Å². The van der Waals surface area contributed by atoms with E-state index in [9.17, 15) is 13.2 Å². The van der Waals surface area contributed by atoms with E-state index in [1.807, 2.05) is 6.92 Å². The van der Waals surface area contributed by atoms with E-state index in [1.54, 1.807) is 74.0 Å². The van der Waals surface area contributed by atoms with Crippen LogP contribution in [0.5, 0.6) is 5.75 Å². The minimum absolute atomic E-state index is 0.0448. The van der Waals surface area contributed by atoms with Crippen LogP contribution in [0, 0.1) is 6.92 Å². The number of hydrogen-bond acceptors (Lipinski definition) is 5. The minimum Gasteiger partial charge on any atom is -0.497 e. The van der Waals surface area contributed by atoms with E-state index in [0.717, 1.165) is 11.1 Å². The Morgan fingerprint density at radius 3 is 2.37 bits per heavy atom. The molecule has 3 rings (SSSR count). The van der Waals surface area contributed by atoms with Gasteiger partial charge in [0.25, 0.3) is 0 Å². The Bertz CT molecular complexity index is 1080. The second-order valence-corrected chi connectivity index (χ2v) is 9.09. The first kappa shape index (κ1) is 21.5. The summed E-state index contributed by atoms with van der Waals surface area (Å²) >= 11 is 0. The number of carbonyl (C=O) groups is 1. The first-order valence-corrected chi connectivity index (χ1v) is 11.0. The minimum atomic E-state index is -3.72. The van der Waals surface area contributed by atoms with E-state index in [4.69, 9.17) is 4.74 Å². The number of methoxy groups -OCH3 is 1. The summed E-state index contributed by atoms with van der Waals surface area (Å²) in [6.45, 7) is 1.85. The summed E-state index contributed by atoms with van der Waals surface area (Å²) < 4.78 is 31.7. The molecule has 1 atom stereocenters. The van der Waals surface area contributed by atoms with Crippen molar-refractivity contribution in [3.63, 3.8) is 0 Å². The second kappa shape index (κ2) is 9.54. The number of carbonyl (C=O) groups excluding carboxylic acids is 1. The molecule has 6 nitrogen and oxygen atoms in total. The summed E-state index contributed by atoms with van der Waals surface area (Å²) in [6, 6.07) is 17.3. The summed E-state index contributed by atoms with van der Waals surface area (Å²) in [5.74, 6) is 0.452. The van der Waals surface area contributed by atoms with Gasteiger partial charge in [-0.3, -0.25) is 9.78 Å². The fraction of sp³-hybridized carbons (Fsp3) is 0.217. The molecular weight excluding hydrogens is 400 g/mol. The van der Waals surface area contributed by atoms with Gasteiger partial charge in [0.1, 0.15) is 11.0 Å². The quantitative estimate of drug-likeness (QED) is 0.600. The second-order valence-electron chi connectivity index (χ2n) is 6.96. The van der Waals surface area contributed by atoms with Gasteiger partial charge in [-0.1, -0.05) is 35.9 Å². The molecule has 1 amide bonds. The van der Waals surface area contributed by atoms with Crippen molar-refractivity contribution in [2.24, 2.45) is 0 Å². The van der Waals surface area contributed by atoms with Crippen molar-refractivity contribution in [1.82, 2.24) is 10.3 Å². The van der Waals surface area contributed by atoms with Gasteiger partial charge < -0.3 is 10.1 Å². The lowest BCUT2D eigenvalue weighted by atomic mass is 10.1. The Morgan fingerprint density at radius 1 is 1.07 bits per heavy atom. The molecule has 30 heavy (non-hydrogen) atoms. The number of nitrogens with one attached hydrogen (secondary N) is 1. The Morgan fingerprint density at radius 2 is 1.77 bits per heavy atom. The molecule has 0 spiro atoms. The SMILES string of the molecule is COc1ccc(CC(=O)NC[C@H](c2cccnc2)S(=O)(=O)c2ccc(C)cc2)cc1. The van der Waals surface area contributed by atoms with Gasteiger partial charge in [0, 0.05) is 18.9 Å². The van der Waals surface area contributed by atoms with Gasteiger partial charge in [-0.25, -0.2) is 8.42 Å². The van der Waals surface area contributed by atoms with E-state index in [-0.39, 0.29) is 23.8 Å². The highest BCUT2D eigenvalue weighted by Gasteiger charge is 2.29. The van der Waals surface area contributed by atoms with Gasteiger partial charge in [-0.2, -0.15) is 0 Å². The molecular formula is C23H24N2O4S. The Balaban J connectivity index is 1.78. The number of aromatic nitrogens is 1. The molecule has 2 aromatic carbocycles. The highest BCUT2D eigenvalue weighted by Crippen LogP contribution is 2.28. The van der Waals surface area contributed by atoms with Crippen molar-refractivity contribution >= 4 is 15.7 Å². The smallest absolute Gasteiger partial charge is 0.224 e. The molecule has 0 aliphatic heterocycles. The van der Waals surface area contributed by atoms with Gasteiger partial charge in [0.05, 0.1) is 18.4 Å². The number of benzene rings is 2. The Hall–Kier alpha value is -3.19. The van der Waals surface area contributed by atoms with Gasteiger partial charge in [-0.05, 0) is 48.4 Å². The standard InChI is InChI=1S/C23H24N2O4S/c1-17-5-11-21(12-6-17)30(27,28)22(19-4-3-13-24-15-19)16-25-23(26)14-18-7-9-20(29-2)10-8-18/h3-13,15,22H,14,16H2,1-2H3,(H,25,26)/t22-/m1/s1. The summed E-state index contributed by atoms with van der Waals surface area (Å²) in [5, 5.41) is 1.83. The fourth-order valence-corrected chi connectivity index (χ4v) is 4.71. The van der Waals surface area contributed by atoms with E-state index in [1.165, 1.54) is 6.20 Å².